The van der Waals surface area contributed by atoms with E-state index >= 15 is 0 Å². The number of aromatic hydroxyl groups is 1. The zero-order chi connectivity index (χ0) is 41.1. The van der Waals surface area contributed by atoms with Gasteiger partial charge < -0.3 is 15.6 Å². The number of nitrogens with zero attached hydrogens (tertiary/aromatic N) is 4. The van der Waals surface area contributed by atoms with Crippen molar-refractivity contribution >= 4 is 95.5 Å². The zero-order valence-corrected chi connectivity index (χ0v) is 31.7. The molecule has 0 heterocycles. The lowest BCUT2D eigenvalue weighted by molar-refractivity contribution is -0.140. The number of azo groups is 2. The third-order valence-electron chi connectivity index (χ3n) is 7.03. The Morgan fingerprint density at radius 2 is 1.07 bits per heavy atom. The summed E-state index contributed by atoms with van der Waals surface area (Å²) in [6.45, 7) is -0.198. The lowest BCUT2D eigenvalue weighted by Gasteiger charge is -2.14. The molecule has 0 atom stereocenters. The molecule has 4 rings (SSSR count). The van der Waals surface area contributed by atoms with Crippen molar-refractivity contribution in [2.24, 2.45) is 20.5 Å². The fourth-order valence-corrected chi connectivity index (χ4v) is 8.45. The van der Waals surface area contributed by atoms with Gasteiger partial charge in [0.15, 0.2) is 25.4 Å². The number of phenolic OH excluding ortho intramolecular Hbond substituents is 1. The van der Waals surface area contributed by atoms with Crippen molar-refractivity contribution in [3.05, 3.63) is 60.7 Å². The third kappa shape index (κ3) is 10.8. The van der Waals surface area contributed by atoms with Crippen molar-refractivity contribution in [2.75, 3.05) is 30.5 Å². The number of nitrogens with two attached hydrogens (primary N) is 1. The normalized spacial score (nSPS) is 13.2. The molecule has 27 heteroatoms. The van der Waals surface area contributed by atoms with E-state index in [1.807, 2.05) is 0 Å². The van der Waals surface area contributed by atoms with Gasteiger partial charge in [-0.2, -0.15) is 35.5 Å². The number of hydrogen-bond donors (Lipinski definition) is 5. The second kappa shape index (κ2) is 16.0. The summed E-state index contributed by atoms with van der Waals surface area (Å²) in [5.74, 6) is -3.14. The fraction of sp³-hybridized carbons (Fsp3) is 0.179. The largest absolute Gasteiger partial charge is 0.505 e. The van der Waals surface area contributed by atoms with Crippen molar-refractivity contribution in [1.82, 2.24) is 0 Å². The Morgan fingerprint density at radius 3 is 1.49 bits per heavy atom. The number of phenols is 1. The molecule has 0 spiro atoms. The minimum Gasteiger partial charge on any atom is -0.505 e. The topological polar surface area (TPSA) is 363 Å². The Labute approximate surface area is 312 Å². The van der Waals surface area contributed by atoms with Gasteiger partial charge in [-0.05, 0) is 66.0 Å². The molecule has 0 unspecified atom stereocenters. The van der Waals surface area contributed by atoms with Crippen molar-refractivity contribution in [3.8, 4) is 5.75 Å². The molecular formula is C28H27N5O17S5. The van der Waals surface area contributed by atoms with Gasteiger partial charge in [0.05, 0.1) is 50.4 Å². The summed E-state index contributed by atoms with van der Waals surface area (Å²) in [6.07, 6.45) is 0. The van der Waals surface area contributed by atoms with Gasteiger partial charge in [-0.15, -0.1) is 10.2 Å². The van der Waals surface area contributed by atoms with Crippen LogP contribution in [0.25, 0.3) is 10.8 Å². The number of carbonyl (C=O) groups is 1. The number of rotatable bonds is 15. The Kier molecular flexibility index (Phi) is 12.4. The van der Waals surface area contributed by atoms with Gasteiger partial charge in [-0.1, -0.05) is 0 Å². The lowest BCUT2D eigenvalue weighted by atomic mass is 10.1. The van der Waals surface area contributed by atoms with Crippen LogP contribution in [-0.2, 0) is 64.0 Å². The Morgan fingerprint density at radius 1 is 0.655 bits per heavy atom. The molecule has 0 saturated carbocycles. The summed E-state index contributed by atoms with van der Waals surface area (Å²) >= 11 is 0. The molecule has 296 valence electrons. The molecule has 4 aromatic rings. The number of nitrogen functional groups attached to an aromatic ring is 1. The molecule has 0 aliphatic heterocycles. The molecule has 22 nitrogen and oxygen atoms in total. The van der Waals surface area contributed by atoms with E-state index in [-0.39, 0.29) is 21.2 Å². The Balaban J connectivity index is 1.77. The number of sulfone groups is 2. The number of fused-ring (bicyclic) bond motifs is 1. The van der Waals surface area contributed by atoms with Gasteiger partial charge in [0.25, 0.3) is 20.2 Å². The van der Waals surface area contributed by atoms with Gasteiger partial charge in [0.1, 0.15) is 27.8 Å². The molecule has 4 aromatic carbocycles. The first-order chi connectivity index (χ1) is 25.3. The Hall–Kier alpha value is -5.00. The van der Waals surface area contributed by atoms with Crippen LogP contribution in [0.1, 0.15) is 6.92 Å². The first kappa shape index (κ1) is 42.7. The van der Waals surface area contributed by atoms with E-state index < -0.39 is 124 Å². The summed E-state index contributed by atoms with van der Waals surface area (Å²) in [5, 5.41) is 25.2. The van der Waals surface area contributed by atoms with Crippen LogP contribution in [0.15, 0.2) is 101 Å². The van der Waals surface area contributed by atoms with Gasteiger partial charge in [0, 0.05) is 6.92 Å². The SMILES string of the molecule is CC(=O)OCCS(=O)(=O)c1ccc(N=Nc2c(S(=O)(=O)O)cc3cc(S(=O)(=O)O)c(N=Nc4ccc(S(=O)(=O)CCOS(=O)(=O)O)cc4)c(N)c3c2O)cc1. The van der Waals surface area contributed by atoms with Crippen LogP contribution >= 0.6 is 0 Å². The summed E-state index contributed by atoms with van der Waals surface area (Å²) in [7, 11) is -23.4. The first-order valence-electron chi connectivity index (χ1n) is 14.6. The van der Waals surface area contributed by atoms with Crippen LogP contribution in [0.3, 0.4) is 0 Å². The maximum absolute atomic E-state index is 12.5. The van der Waals surface area contributed by atoms with E-state index in [0.717, 1.165) is 55.5 Å². The quantitative estimate of drug-likeness (QED) is 0.0494. The van der Waals surface area contributed by atoms with Gasteiger partial charge in [0.2, 0.25) is 0 Å². The molecule has 0 bridgehead atoms. The van der Waals surface area contributed by atoms with Gasteiger partial charge >= 0.3 is 16.4 Å². The highest BCUT2D eigenvalue weighted by atomic mass is 32.3. The average Bonchev–Trinajstić information content (AvgIpc) is 3.05. The minimum absolute atomic E-state index is 0.0887. The second-order valence-corrected chi connectivity index (χ2v) is 19.0. The molecule has 0 amide bonds. The lowest BCUT2D eigenvalue weighted by Crippen LogP contribution is -2.15. The van der Waals surface area contributed by atoms with Crippen LogP contribution in [0.4, 0.5) is 28.4 Å². The van der Waals surface area contributed by atoms with E-state index in [1.54, 1.807) is 0 Å². The van der Waals surface area contributed by atoms with Crippen LogP contribution in [-0.4, -0.2) is 91.5 Å². The van der Waals surface area contributed by atoms with Gasteiger partial charge in [-0.25, -0.2) is 21.0 Å². The van der Waals surface area contributed by atoms with E-state index in [4.69, 9.17) is 10.3 Å². The Bertz CT molecular complexity index is 2790. The molecule has 0 radical (unpaired) electrons. The monoisotopic (exact) mass is 865 g/mol. The first-order valence-corrected chi connectivity index (χ1v) is 22.2. The van der Waals surface area contributed by atoms with Crippen LogP contribution in [0.5, 0.6) is 5.75 Å². The van der Waals surface area contributed by atoms with E-state index in [0.29, 0.717) is 12.1 Å². The van der Waals surface area contributed by atoms with Crippen LogP contribution in [0, 0.1) is 0 Å². The summed E-state index contributed by atoms with van der Waals surface area (Å²) in [4.78, 5) is 8.26. The highest BCUT2D eigenvalue weighted by Gasteiger charge is 2.28. The zero-order valence-electron chi connectivity index (χ0n) is 27.6. The molecule has 0 saturated heterocycles. The number of benzene rings is 4. The highest BCUT2D eigenvalue weighted by Crippen LogP contribution is 2.48. The standard InChI is InChI=1S/C28H27N5O17S5/c1-16(34)49-10-12-51(36,37)20-6-4-19(5-7-20)31-33-27-23(54(43,44)45)15-17-14-22(53(40,41)42)26(25(29)24(17)28(27)35)32-30-18-2-8-21(9-3-18)52(38,39)13-11-50-55(46,47)48/h2-9,14-15,35H,10-13,29H2,1H3,(H,40,41,42)(H,43,44,45)(H,46,47,48). The molecule has 0 aliphatic rings. The highest BCUT2D eigenvalue weighted by molar-refractivity contribution is 7.91. The number of carbonyl (C=O) groups excluding carboxylic acids is 1. The van der Waals surface area contributed by atoms with Crippen molar-refractivity contribution in [2.45, 2.75) is 26.5 Å². The number of anilines is 1. The van der Waals surface area contributed by atoms with E-state index in [9.17, 15) is 61.1 Å². The number of hydrogen-bond acceptors (Lipinski definition) is 19. The second-order valence-electron chi connectivity index (χ2n) is 10.9. The molecule has 0 aliphatic carbocycles. The minimum atomic E-state index is -5.25. The van der Waals surface area contributed by atoms with Crippen molar-refractivity contribution < 1.29 is 74.6 Å². The van der Waals surface area contributed by atoms with Crippen molar-refractivity contribution in [3.63, 3.8) is 0 Å². The summed E-state index contributed by atoms with van der Waals surface area (Å²) in [6, 6.07) is 10.0. The number of ether oxygens (including phenoxy) is 1. The van der Waals surface area contributed by atoms with E-state index in [2.05, 4.69) is 29.4 Å². The molecular weight excluding hydrogens is 839 g/mol. The predicted octanol–water partition coefficient (Wildman–Crippen LogP) is 3.38. The number of esters is 1. The van der Waals surface area contributed by atoms with Crippen molar-refractivity contribution in [1.29, 1.82) is 0 Å². The molecule has 0 aromatic heterocycles. The molecule has 0 fully saturated rings. The maximum Gasteiger partial charge on any atom is 0.397 e. The van der Waals surface area contributed by atoms with Crippen LogP contribution in [0.2, 0.25) is 0 Å². The van der Waals surface area contributed by atoms with E-state index in [1.165, 1.54) is 0 Å². The third-order valence-corrected chi connectivity index (χ3v) is 12.6. The molecule has 6 N–H and O–H groups in total. The maximum atomic E-state index is 12.5. The molecule has 55 heavy (non-hydrogen) atoms. The fourth-order valence-electron chi connectivity index (χ4n) is 4.54. The summed E-state index contributed by atoms with van der Waals surface area (Å²) < 4.78 is 158. The van der Waals surface area contributed by atoms with Gasteiger partial charge in [-0.3, -0.25) is 18.5 Å². The smallest absolute Gasteiger partial charge is 0.397 e. The summed E-state index contributed by atoms with van der Waals surface area (Å²) in [5.41, 5.74) is 3.53. The average molecular weight is 866 g/mol. The van der Waals surface area contributed by atoms with Crippen LogP contribution < -0.4 is 5.73 Å². The predicted molar refractivity (Wildman–Crippen MR) is 189 cm³/mol.